The third kappa shape index (κ3) is 2.91. The molecule has 0 bridgehead atoms. The van der Waals surface area contributed by atoms with Crippen LogP contribution in [0.1, 0.15) is 12.8 Å². The largest absolute Gasteiger partial charge is 0.316 e. The van der Waals surface area contributed by atoms with Gasteiger partial charge in [0.25, 0.3) is 0 Å². The highest BCUT2D eigenvalue weighted by Crippen LogP contribution is 2.34. The van der Waals surface area contributed by atoms with E-state index in [-0.39, 0.29) is 9.79 Å². The Morgan fingerprint density at radius 3 is 1.80 bits per heavy atom. The number of nitrogens with one attached hydrogen (secondary N) is 1. The molecule has 138 valence electrons. The molecule has 3 fully saturated rings. The first-order chi connectivity index (χ1) is 11.9. The van der Waals surface area contributed by atoms with Crippen LogP contribution >= 0.6 is 0 Å². The Morgan fingerprint density at radius 2 is 1.28 bits per heavy atom. The van der Waals surface area contributed by atoms with E-state index in [1.807, 2.05) is 0 Å². The fraction of sp³-hybridized carbons (Fsp3) is 0.625. The summed E-state index contributed by atoms with van der Waals surface area (Å²) in [5.74, 6) is 0.634. The van der Waals surface area contributed by atoms with E-state index in [2.05, 4.69) is 5.32 Å². The minimum atomic E-state index is -3.82. The van der Waals surface area contributed by atoms with Gasteiger partial charge in [0, 0.05) is 26.2 Å². The highest BCUT2D eigenvalue weighted by Gasteiger charge is 2.43. The number of rotatable bonds is 4. The van der Waals surface area contributed by atoms with E-state index in [9.17, 15) is 16.8 Å². The number of sulfonamides is 2. The first-order valence-electron chi connectivity index (χ1n) is 8.71. The molecule has 0 spiro atoms. The maximum absolute atomic E-state index is 13.2. The zero-order chi connectivity index (χ0) is 17.7. The molecule has 3 saturated heterocycles. The monoisotopic (exact) mass is 385 g/mol. The van der Waals surface area contributed by atoms with Gasteiger partial charge < -0.3 is 5.32 Å². The third-order valence-corrected chi connectivity index (χ3v) is 9.48. The SMILES string of the molecule is O=S(=O)(c1ccccc1S(=O)(=O)N1C[C@H]2CNC[C@H]2C1)N1CCCC1. The summed E-state index contributed by atoms with van der Waals surface area (Å²) in [6, 6.07) is 6.02. The van der Waals surface area contributed by atoms with Crippen molar-refractivity contribution < 1.29 is 16.8 Å². The molecule has 1 N–H and O–H groups in total. The van der Waals surface area contributed by atoms with E-state index >= 15 is 0 Å². The second-order valence-corrected chi connectivity index (χ2v) is 10.9. The summed E-state index contributed by atoms with van der Waals surface area (Å²) in [6.45, 7) is 3.47. The fourth-order valence-corrected chi connectivity index (χ4v) is 7.94. The molecule has 0 amide bonds. The number of nitrogens with zero attached hydrogens (tertiary/aromatic N) is 2. The average Bonchev–Trinajstić information content (AvgIpc) is 3.31. The van der Waals surface area contributed by atoms with Gasteiger partial charge in [0.15, 0.2) is 0 Å². The average molecular weight is 386 g/mol. The topological polar surface area (TPSA) is 86.8 Å². The van der Waals surface area contributed by atoms with Gasteiger partial charge in [-0.2, -0.15) is 8.61 Å². The van der Waals surface area contributed by atoms with Gasteiger partial charge in [-0.15, -0.1) is 0 Å². The Morgan fingerprint density at radius 1 is 0.800 bits per heavy atom. The van der Waals surface area contributed by atoms with Crippen LogP contribution in [0.3, 0.4) is 0 Å². The molecule has 9 heteroatoms. The molecule has 1 aromatic rings. The zero-order valence-corrected chi connectivity index (χ0v) is 15.6. The molecular formula is C16H23N3O4S2. The molecular weight excluding hydrogens is 362 g/mol. The van der Waals surface area contributed by atoms with E-state index < -0.39 is 20.0 Å². The third-order valence-electron chi connectivity index (χ3n) is 5.51. The first-order valence-corrected chi connectivity index (χ1v) is 11.6. The molecule has 0 radical (unpaired) electrons. The van der Waals surface area contributed by atoms with Crippen molar-refractivity contribution in [1.82, 2.24) is 13.9 Å². The standard InChI is InChI=1S/C16H23N3O4S2/c20-24(21,18-7-3-4-8-18)15-5-1-2-6-16(15)25(22,23)19-11-13-9-17-10-14(13)12-19/h1-2,5-6,13-14,17H,3-4,7-12H2/t13-,14+. The molecule has 7 nitrogen and oxygen atoms in total. The van der Waals surface area contributed by atoms with Crippen LogP contribution < -0.4 is 5.32 Å². The molecule has 0 unspecified atom stereocenters. The number of hydrogen-bond donors (Lipinski definition) is 1. The van der Waals surface area contributed by atoms with Gasteiger partial charge in [-0.3, -0.25) is 0 Å². The van der Waals surface area contributed by atoms with Gasteiger partial charge in [0.2, 0.25) is 20.0 Å². The molecule has 2 atom stereocenters. The molecule has 0 aliphatic carbocycles. The van der Waals surface area contributed by atoms with Crippen molar-refractivity contribution in [1.29, 1.82) is 0 Å². The number of fused-ring (bicyclic) bond motifs is 1. The van der Waals surface area contributed by atoms with Crippen LogP contribution in [0.4, 0.5) is 0 Å². The van der Waals surface area contributed by atoms with Crippen molar-refractivity contribution in [3.63, 3.8) is 0 Å². The van der Waals surface area contributed by atoms with Crippen molar-refractivity contribution in [2.75, 3.05) is 39.3 Å². The summed E-state index contributed by atoms with van der Waals surface area (Å²) in [6.07, 6.45) is 1.63. The molecule has 0 aromatic heterocycles. The van der Waals surface area contributed by atoms with Crippen LogP contribution in [-0.2, 0) is 20.0 Å². The van der Waals surface area contributed by atoms with Crippen molar-refractivity contribution in [2.45, 2.75) is 22.6 Å². The van der Waals surface area contributed by atoms with E-state index in [0.29, 0.717) is 38.0 Å². The number of hydrogen-bond acceptors (Lipinski definition) is 5. The smallest absolute Gasteiger partial charge is 0.244 e. The molecule has 3 heterocycles. The summed E-state index contributed by atoms with van der Waals surface area (Å²) in [7, 11) is -7.61. The molecule has 25 heavy (non-hydrogen) atoms. The van der Waals surface area contributed by atoms with Crippen molar-refractivity contribution in [3.8, 4) is 0 Å². The van der Waals surface area contributed by atoms with Crippen LogP contribution in [-0.4, -0.2) is 64.7 Å². The zero-order valence-electron chi connectivity index (χ0n) is 14.0. The lowest BCUT2D eigenvalue weighted by Gasteiger charge is -2.22. The minimum absolute atomic E-state index is 0.0881. The second kappa shape index (κ2) is 6.31. The summed E-state index contributed by atoms with van der Waals surface area (Å²) in [5.41, 5.74) is 0. The normalized spacial score (nSPS) is 28.5. The van der Waals surface area contributed by atoms with Gasteiger partial charge >= 0.3 is 0 Å². The highest BCUT2D eigenvalue weighted by atomic mass is 32.2. The Hall–Kier alpha value is -1.00. The lowest BCUT2D eigenvalue weighted by Crippen LogP contribution is -2.34. The second-order valence-electron chi connectivity index (χ2n) is 7.06. The van der Waals surface area contributed by atoms with Gasteiger partial charge in [0.1, 0.15) is 9.79 Å². The van der Waals surface area contributed by atoms with Crippen LogP contribution in [0.25, 0.3) is 0 Å². The minimum Gasteiger partial charge on any atom is -0.316 e. The maximum Gasteiger partial charge on any atom is 0.244 e. The van der Waals surface area contributed by atoms with E-state index in [0.717, 1.165) is 25.9 Å². The summed E-state index contributed by atoms with van der Waals surface area (Å²) < 4.78 is 55.1. The fourth-order valence-electron chi connectivity index (χ4n) is 4.09. The lowest BCUT2D eigenvalue weighted by molar-refractivity contribution is 0.444. The Kier molecular flexibility index (Phi) is 4.40. The van der Waals surface area contributed by atoms with E-state index in [1.54, 1.807) is 12.1 Å². The predicted octanol–water partition coefficient (Wildman–Crippen LogP) is 0.311. The molecule has 1 aromatic carbocycles. The van der Waals surface area contributed by atoms with Crippen LogP contribution in [0.2, 0.25) is 0 Å². The predicted molar refractivity (Wildman–Crippen MR) is 93.0 cm³/mol. The lowest BCUT2D eigenvalue weighted by atomic mass is 10.0. The Bertz CT molecular complexity index is 851. The highest BCUT2D eigenvalue weighted by molar-refractivity contribution is 7.92. The van der Waals surface area contributed by atoms with Gasteiger partial charge in [-0.1, -0.05) is 12.1 Å². The summed E-state index contributed by atoms with van der Waals surface area (Å²) >= 11 is 0. The first kappa shape index (κ1) is 17.4. The van der Waals surface area contributed by atoms with Crippen LogP contribution in [0.5, 0.6) is 0 Å². The summed E-state index contributed by atoms with van der Waals surface area (Å²) in [4.78, 5) is -0.179. The van der Waals surface area contributed by atoms with Crippen molar-refractivity contribution in [2.24, 2.45) is 11.8 Å². The van der Waals surface area contributed by atoms with Gasteiger partial charge in [-0.25, -0.2) is 16.8 Å². The van der Waals surface area contributed by atoms with Crippen molar-refractivity contribution >= 4 is 20.0 Å². The van der Waals surface area contributed by atoms with E-state index in [4.69, 9.17) is 0 Å². The Balaban J connectivity index is 1.71. The van der Waals surface area contributed by atoms with Crippen LogP contribution in [0.15, 0.2) is 34.1 Å². The molecule has 3 aliphatic heterocycles. The summed E-state index contributed by atoms with van der Waals surface area (Å²) in [5, 5.41) is 3.28. The maximum atomic E-state index is 13.2. The quantitative estimate of drug-likeness (QED) is 0.806. The van der Waals surface area contributed by atoms with E-state index in [1.165, 1.54) is 20.7 Å². The molecule has 3 aliphatic rings. The number of benzene rings is 1. The van der Waals surface area contributed by atoms with Crippen LogP contribution in [0, 0.1) is 11.8 Å². The molecule has 0 saturated carbocycles. The van der Waals surface area contributed by atoms with Gasteiger partial charge in [0.05, 0.1) is 0 Å². The Labute approximate surface area is 149 Å². The van der Waals surface area contributed by atoms with Crippen molar-refractivity contribution in [3.05, 3.63) is 24.3 Å². The van der Waals surface area contributed by atoms with Gasteiger partial charge in [-0.05, 0) is 49.9 Å². The molecule has 4 rings (SSSR count).